The average Bonchev–Trinajstić information content (AvgIpc) is 3.36. The molecule has 4 rings (SSSR count). The van der Waals surface area contributed by atoms with Crippen LogP contribution < -0.4 is 5.32 Å². The molecule has 7 nitrogen and oxygen atoms in total. The summed E-state index contributed by atoms with van der Waals surface area (Å²) < 4.78 is 29.4. The number of nitrogens with zero attached hydrogens (tertiary/aromatic N) is 3. The van der Waals surface area contributed by atoms with Gasteiger partial charge in [-0.15, -0.1) is 11.8 Å². The van der Waals surface area contributed by atoms with E-state index < -0.39 is 10.0 Å². The summed E-state index contributed by atoms with van der Waals surface area (Å²) in [7, 11) is -1.68. The molecule has 2 fully saturated rings. The van der Waals surface area contributed by atoms with Crippen LogP contribution in [0.1, 0.15) is 6.42 Å². The number of amides is 1. The number of sulfonamides is 1. The van der Waals surface area contributed by atoms with E-state index >= 15 is 0 Å². The van der Waals surface area contributed by atoms with Gasteiger partial charge in [0.1, 0.15) is 0 Å². The van der Waals surface area contributed by atoms with Crippen molar-refractivity contribution in [2.45, 2.75) is 21.9 Å². The fourth-order valence-electron chi connectivity index (χ4n) is 3.84. The van der Waals surface area contributed by atoms with E-state index in [-0.39, 0.29) is 22.4 Å². The van der Waals surface area contributed by atoms with Crippen molar-refractivity contribution in [1.29, 1.82) is 0 Å². The van der Waals surface area contributed by atoms with Crippen molar-refractivity contribution in [3.05, 3.63) is 49.2 Å². The van der Waals surface area contributed by atoms with Crippen LogP contribution in [0, 0.1) is 5.92 Å². The Balaban J connectivity index is 1.45. The quantitative estimate of drug-likeness (QED) is 0.749. The Morgan fingerprint density at radius 2 is 2.04 bits per heavy atom. The molecule has 2 saturated heterocycles. The summed E-state index contributed by atoms with van der Waals surface area (Å²) >= 11 is 1.65. The molecular formula is C19H22N4O3S2. The van der Waals surface area contributed by atoms with Gasteiger partial charge in [-0.05, 0) is 42.2 Å². The van der Waals surface area contributed by atoms with E-state index in [0.29, 0.717) is 18.0 Å². The van der Waals surface area contributed by atoms with Gasteiger partial charge in [0.05, 0.1) is 16.0 Å². The Kier molecular flexibility index (Phi) is 5.07. The number of thioether (sulfide) groups is 1. The largest absolute Gasteiger partial charge is 0.341 e. The van der Waals surface area contributed by atoms with Gasteiger partial charge in [-0.25, -0.2) is 8.42 Å². The van der Waals surface area contributed by atoms with Gasteiger partial charge in [-0.3, -0.25) is 9.48 Å². The van der Waals surface area contributed by atoms with E-state index in [2.05, 4.69) is 17.0 Å². The molecule has 3 heterocycles. The Morgan fingerprint density at radius 3 is 2.64 bits per heavy atom. The molecule has 0 saturated carbocycles. The number of benzene rings is 1. The second kappa shape index (κ2) is 7.38. The predicted molar refractivity (Wildman–Crippen MR) is 109 cm³/mol. The van der Waals surface area contributed by atoms with Crippen molar-refractivity contribution >= 4 is 27.7 Å². The van der Waals surface area contributed by atoms with E-state index in [0.717, 1.165) is 17.7 Å². The van der Waals surface area contributed by atoms with Crippen molar-refractivity contribution in [1.82, 2.24) is 19.4 Å². The number of hydrogen-bond acceptors (Lipinski definition) is 5. The topological polar surface area (TPSA) is 84.3 Å². The van der Waals surface area contributed by atoms with Gasteiger partial charge in [-0.1, -0.05) is 18.7 Å². The maximum Gasteiger partial charge on any atom is 0.244 e. The van der Waals surface area contributed by atoms with Gasteiger partial charge >= 0.3 is 0 Å². The van der Waals surface area contributed by atoms with Crippen LogP contribution in [0.4, 0.5) is 0 Å². The van der Waals surface area contributed by atoms with Crippen molar-refractivity contribution in [2.24, 2.45) is 13.0 Å². The molecule has 2 aliphatic rings. The van der Waals surface area contributed by atoms with Crippen LogP contribution >= 0.6 is 11.8 Å². The fraction of sp³-hybridized carbons (Fsp3) is 0.368. The minimum absolute atomic E-state index is 0.0310. The summed E-state index contributed by atoms with van der Waals surface area (Å²) in [6.45, 7) is 4.43. The number of nitrogens with one attached hydrogen (secondary N) is 1. The van der Waals surface area contributed by atoms with Crippen LogP contribution in [-0.4, -0.2) is 52.1 Å². The van der Waals surface area contributed by atoms with Crippen molar-refractivity contribution in [3.8, 4) is 11.3 Å². The van der Waals surface area contributed by atoms with E-state index in [9.17, 15) is 13.2 Å². The van der Waals surface area contributed by atoms with Gasteiger partial charge < -0.3 is 5.32 Å². The molecule has 28 heavy (non-hydrogen) atoms. The first-order valence-electron chi connectivity index (χ1n) is 9.05. The molecule has 3 atom stereocenters. The lowest BCUT2D eigenvalue weighted by Gasteiger charge is -2.19. The van der Waals surface area contributed by atoms with Gasteiger partial charge in [0.15, 0.2) is 0 Å². The van der Waals surface area contributed by atoms with E-state index in [1.165, 1.54) is 6.08 Å². The molecule has 1 aromatic carbocycles. The SMILES string of the molecule is C=CC(=O)NC1CC2CN(S(=O)(=O)c3ccc(-c4ccnn4C)cc3)CC2S1. The molecule has 2 aromatic rings. The van der Waals surface area contributed by atoms with Crippen LogP contribution in [0.15, 0.2) is 54.1 Å². The van der Waals surface area contributed by atoms with Crippen LogP contribution in [0.25, 0.3) is 11.3 Å². The molecule has 148 valence electrons. The second-order valence-corrected chi connectivity index (χ2v) is 10.4. The lowest BCUT2D eigenvalue weighted by molar-refractivity contribution is -0.116. The highest BCUT2D eigenvalue weighted by Crippen LogP contribution is 2.43. The lowest BCUT2D eigenvalue weighted by Crippen LogP contribution is -2.33. The standard InChI is InChI=1S/C19H22N4O3S2/c1-3-18(24)21-19-10-14-11-23(12-17(14)27-19)28(25,26)15-6-4-13(5-7-15)16-8-9-20-22(16)2/h3-9,14,17,19H,1,10-12H2,2H3,(H,21,24). The number of rotatable bonds is 5. The van der Waals surface area contributed by atoms with Crippen LogP contribution in [0.3, 0.4) is 0 Å². The van der Waals surface area contributed by atoms with E-state index in [1.54, 1.807) is 39.1 Å². The van der Waals surface area contributed by atoms with Gasteiger partial charge in [0.25, 0.3) is 0 Å². The monoisotopic (exact) mass is 418 g/mol. The first kappa shape index (κ1) is 19.2. The molecule has 9 heteroatoms. The van der Waals surface area contributed by atoms with Crippen LogP contribution in [0.2, 0.25) is 0 Å². The molecule has 3 unspecified atom stereocenters. The molecule has 0 spiro atoms. The molecule has 2 aliphatic heterocycles. The molecule has 1 aromatic heterocycles. The zero-order valence-corrected chi connectivity index (χ0v) is 17.1. The average molecular weight is 419 g/mol. The number of carbonyl (C=O) groups is 1. The molecule has 0 bridgehead atoms. The summed E-state index contributed by atoms with van der Waals surface area (Å²) in [5, 5.41) is 7.28. The second-order valence-electron chi connectivity index (χ2n) is 7.06. The summed E-state index contributed by atoms with van der Waals surface area (Å²) in [5.74, 6) is 0.0686. The Labute approximate surface area is 168 Å². The van der Waals surface area contributed by atoms with Crippen LogP contribution in [-0.2, 0) is 21.9 Å². The first-order valence-corrected chi connectivity index (χ1v) is 11.4. The molecule has 0 aliphatic carbocycles. The Bertz CT molecular complexity index is 986. The summed E-state index contributed by atoms with van der Waals surface area (Å²) in [5.41, 5.74) is 1.86. The minimum Gasteiger partial charge on any atom is -0.341 e. The fourth-order valence-corrected chi connectivity index (χ4v) is 7.10. The Morgan fingerprint density at radius 1 is 1.29 bits per heavy atom. The Hall–Kier alpha value is -2.10. The van der Waals surface area contributed by atoms with Crippen molar-refractivity contribution < 1.29 is 13.2 Å². The number of carbonyl (C=O) groups excluding carboxylic acids is 1. The predicted octanol–water partition coefficient (Wildman–Crippen LogP) is 1.84. The number of fused-ring (bicyclic) bond motifs is 1. The molecule has 1 N–H and O–H groups in total. The maximum absolute atomic E-state index is 13.1. The third-order valence-corrected chi connectivity index (χ3v) is 8.67. The van der Waals surface area contributed by atoms with Gasteiger partial charge in [0, 0.05) is 31.6 Å². The third-order valence-electron chi connectivity index (χ3n) is 5.30. The van der Waals surface area contributed by atoms with E-state index in [1.807, 2.05) is 25.2 Å². The van der Waals surface area contributed by atoms with Gasteiger partial charge in [-0.2, -0.15) is 9.40 Å². The van der Waals surface area contributed by atoms with E-state index in [4.69, 9.17) is 0 Å². The highest BCUT2D eigenvalue weighted by molar-refractivity contribution is 8.00. The number of aromatic nitrogens is 2. The first-order chi connectivity index (χ1) is 13.4. The molecule has 1 amide bonds. The normalized spacial score (nSPS) is 24.8. The molecular weight excluding hydrogens is 396 g/mol. The highest BCUT2D eigenvalue weighted by atomic mass is 32.2. The highest BCUT2D eigenvalue weighted by Gasteiger charge is 2.45. The number of hydrogen-bond donors (Lipinski definition) is 1. The number of aryl methyl sites for hydroxylation is 1. The van der Waals surface area contributed by atoms with Crippen LogP contribution in [0.5, 0.6) is 0 Å². The minimum atomic E-state index is -3.53. The summed E-state index contributed by atoms with van der Waals surface area (Å²) in [6.07, 6.45) is 3.76. The maximum atomic E-state index is 13.1. The summed E-state index contributed by atoms with van der Waals surface area (Å²) in [6, 6.07) is 8.84. The van der Waals surface area contributed by atoms with Gasteiger partial charge in [0.2, 0.25) is 15.9 Å². The third kappa shape index (κ3) is 3.49. The van der Waals surface area contributed by atoms with Crippen molar-refractivity contribution in [2.75, 3.05) is 13.1 Å². The smallest absolute Gasteiger partial charge is 0.244 e. The zero-order chi connectivity index (χ0) is 19.9. The zero-order valence-electron chi connectivity index (χ0n) is 15.5. The lowest BCUT2D eigenvalue weighted by atomic mass is 10.1. The van der Waals surface area contributed by atoms with Crippen molar-refractivity contribution in [3.63, 3.8) is 0 Å². The summed E-state index contributed by atoms with van der Waals surface area (Å²) in [4.78, 5) is 11.8. The molecule has 0 radical (unpaired) electrons.